The Balaban J connectivity index is 2.67. The van der Waals surface area contributed by atoms with Crippen LogP contribution in [-0.2, 0) is 13.0 Å². The lowest BCUT2D eigenvalue weighted by atomic mass is 9.79. The lowest BCUT2D eigenvalue weighted by Gasteiger charge is -2.28. The largest absolute Gasteiger partial charge is 0.273 e. The predicted octanol–water partition coefficient (Wildman–Crippen LogP) is 3.35. The fraction of sp³-hybridized carbons (Fsp3) is 0.750. The molecule has 0 radical (unpaired) electrons. The predicted molar refractivity (Wildman–Crippen MR) is 65.3 cm³/mol. The summed E-state index contributed by atoms with van der Waals surface area (Å²) in [6.07, 6.45) is 5.09. The smallest absolute Gasteiger partial charge is 0.0521 e. The molecule has 0 aliphatic carbocycles. The number of rotatable bonds is 4. The molecule has 15 heavy (non-hydrogen) atoms. The molecule has 0 N–H and O–H groups in total. The minimum absolute atomic E-state index is 0.260. The van der Waals surface area contributed by atoms with Crippen LogP contribution in [0.2, 0.25) is 0 Å². The highest BCUT2D eigenvalue weighted by molar-refractivity contribution is 6.18. The standard InChI is InChI=1S/C12H21ClN2/c1-5-15-9-10(8-14-15)6-11(7-13)12(2,3)4/h8-9,11H,5-7H2,1-4H3. The first-order valence-corrected chi connectivity index (χ1v) is 6.08. The van der Waals surface area contributed by atoms with Crippen molar-refractivity contribution in [2.24, 2.45) is 11.3 Å². The van der Waals surface area contributed by atoms with Gasteiger partial charge in [-0.2, -0.15) is 5.10 Å². The Kier molecular flexibility index (Phi) is 4.21. The third-order valence-electron chi connectivity index (χ3n) is 2.90. The summed E-state index contributed by atoms with van der Waals surface area (Å²) in [4.78, 5) is 0. The van der Waals surface area contributed by atoms with E-state index >= 15 is 0 Å². The van der Waals surface area contributed by atoms with Crippen molar-refractivity contribution in [3.05, 3.63) is 18.0 Å². The van der Waals surface area contributed by atoms with Gasteiger partial charge in [0.1, 0.15) is 0 Å². The molecule has 0 bridgehead atoms. The molecule has 0 spiro atoms. The average Bonchev–Trinajstić information content (AvgIpc) is 2.59. The highest BCUT2D eigenvalue weighted by Crippen LogP contribution is 2.29. The molecule has 1 heterocycles. The summed E-state index contributed by atoms with van der Waals surface area (Å²) >= 11 is 6.02. The van der Waals surface area contributed by atoms with Crippen LogP contribution in [0.3, 0.4) is 0 Å². The van der Waals surface area contributed by atoms with Crippen LogP contribution < -0.4 is 0 Å². The molecular weight excluding hydrogens is 208 g/mol. The van der Waals surface area contributed by atoms with E-state index in [1.165, 1.54) is 5.56 Å². The maximum absolute atomic E-state index is 6.02. The summed E-state index contributed by atoms with van der Waals surface area (Å²) < 4.78 is 1.96. The van der Waals surface area contributed by atoms with Crippen molar-refractivity contribution in [2.45, 2.75) is 40.7 Å². The van der Waals surface area contributed by atoms with E-state index in [0.29, 0.717) is 11.8 Å². The summed E-state index contributed by atoms with van der Waals surface area (Å²) in [6, 6.07) is 0. The van der Waals surface area contributed by atoms with Gasteiger partial charge in [-0.25, -0.2) is 0 Å². The number of halogens is 1. The van der Waals surface area contributed by atoms with Crippen LogP contribution in [0.25, 0.3) is 0 Å². The fourth-order valence-corrected chi connectivity index (χ4v) is 2.13. The first-order chi connectivity index (χ1) is 6.97. The van der Waals surface area contributed by atoms with Crippen LogP contribution in [0.5, 0.6) is 0 Å². The van der Waals surface area contributed by atoms with Gasteiger partial charge in [-0.15, -0.1) is 11.6 Å². The first-order valence-electron chi connectivity index (χ1n) is 5.54. The van der Waals surface area contributed by atoms with Gasteiger partial charge in [-0.3, -0.25) is 4.68 Å². The Morgan fingerprint density at radius 1 is 1.47 bits per heavy atom. The first kappa shape index (κ1) is 12.6. The molecule has 1 atom stereocenters. The van der Waals surface area contributed by atoms with Gasteiger partial charge in [0.05, 0.1) is 6.20 Å². The molecule has 2 nitrogen and oxygen atoms in total. The molecular formula is C12H21ClN2. The number of aryl methyl sites for hydroxylation is 1. The van der Waals surface area contributed by atoms with Gasteiger partial charge in [0.2, 0.25) is 0 Å². The maximum atomic E-state index is 6.02. The zero-order valence-corrected chi connectivity index (χ0v) is 10.9. The van der Waals surface area contributed by atoms with Gasteiger partial charge < -0.3 is 0 Å². The molecule has 0 fully saturated rings. The molecule has 0 aromatic carbocycles. The third kappa shape index (κ3) is 3.53. The van der Waals surface area contributed by atoms with Crippen molar-refractivity contribution in [3.63, 3.8) is 0 Å². The summed E-state index contributed by atoms with van der Waals surface area (Å²) in [5, 5.41) is 4.28. The van der Waals surface area contributed by atoms with Crippen molar-refractivity contribution in [2.75, 3.05) is 5.88 Å². The van der Waals surface area contributed by atoms with Crippen LogP contribution in [0.1, 0.15) is 33.3 Å². The Bertz CT molecular complexity index is 299. The Labute approximate surface area is 97.6 Å². The molecule has 0 aliphatic rings. The molecule has 1 aromatic rings. The van der Waals surface area contributed by atoms with E-state index in [-0.39, 0.29) is 5.41 Å². The van der Waals surface area contributed by atoms with Gasteiger partial charge in [0.15, 0.2) is 0 Å². The average molecular weight is 229 g/mol. The van der Waals surface area contributed by atoms with Crippen LogP contribution in [0, 0.1) is 11.3 Å². The highest BCUT2D eigenvalue weighted by atomic mass is 35.5. The second-order valence-electron chi connectivity index (χ2n) is 5.13. The molecule has 0 saturated heterocycles. The molecule has 86 valence electrons. The molecule has 0 aliphatic heterocycles. The van der Waals surface area contributed by atoms with Gasteiger partial charge in [-0.1, -0.05) is 20.8 Å². The second-order valence-corrected chi connectivity index (χ2v) is 5.43. The van der Waals surface area contributed by atoms with E-state index in [1.807, 2.05) is 10.9 Å². The minimum atomic E-state index is 0.260. The van der Waals surface area contributed by atoms with Gasteiger partial charge in [-0.05, 0) is 30.2 Å². The number of aromatic nitrogens is 2. The Hall–Kier alpha value is -0.500. The summed E-state index contributed by atoms with van der Waals surface area (Å²) in [5.41, 5.74) is 1.55. The third-order valence-corrected chi connectivity index (χ3v) is 3.28. The van der Waals surface area contributed by atoms with E-state index in [9.17, 15) is 0 Å². The van der Waals surface area contributed by atoms with E-state index in [2.05, 4.69) is 39.0 Å². The van der Waals surface area contributed by atoms with Gasteiger partial charge in [0, 0.05) is 18.6 Å². The van der Waals surface area contributed by atoms with Crippen molar-refractivity contribution in [1.29, 1.82) is 0 Å². The molecule has 3 heteroatoms. The highest BCUT2D eigenvalue weighted by Gasteiger charge is 2.24. The number of hydrogen-bond donors (Lipinski definition) is 0. The lowest BCUT2D eigenvalue weighted by Crippen LogP contribution is -2.24. The monoisotopic (exact) mass is 228 g/mol. The molecule has 0 saturated carbocycles. The van der Waals surface area contributed by atoms with Gasteiger partial charge in [0.25, 0.3) is 0 Å². The number of alkyl halides is 1. The topological polar surface area (TPSA) is 17.8 Å². The number of nitrogens with zero attached hydrogens (tertiary/aromatic N) is 2. The zero-order chi connectivity index (χ0) is 11.5. The molecule has 1 aromatic heterocycles. The normalized spacial score (nSPS) is 14.2. The zero-order valence-electron chi connectivity index (χ0n) is 10.1. The van der Waals surface area contributed by atoms with Crippen molar-refractivity contribution in [1.82, 2.24) is 9.78 Å². The van der Waals surface area contributed by atoms with E-state index in [4.69, 9.17) is 11.6 Å². The Morgan fingerprint density at radius 3 is 2.53 bits per heavy atom. The Morgan fingerprint density at radius 2 is 2.13 bits per heavy atom. The van der Waals surface area contributed by atoms with E-state index in [1.54, 1.807) is 0 Å². The van der Waals surface area contributed by atoms with Crippen molar-refractivity contribution < 1.29 is 0 Å². The van der Waals surface area contributed by atoms with E-state index in [0.717, 1.165) is 13.0 Å². The lowest BCUT2D eigenvalue weighted by molar-refractivity contribution is 0.264. The summed E-state index contributed by atoms with van der Waals surface area (Å²) in [6.45, 7) is 9.75. The number of hydrogen-bond acceptors (Lipinski definition) is 1. The summed E-state index contributed by atoms with van der Waals surface area (Å²) in [5.74, 6) is 1.22. The molecule has 0 amide bonds. The van der Waals surface area contributed by atoms with Gasteiger partial charge >= 0.3 is 0 Å². The van der Waals surface area contributed by atoms with Crippen LogP contribution in [-0.4, -0.2) is 15.7 Å². The van der Waals surface area contributed by atoms with Crippen LogP contribution >= 0.6 is 11.6 Å². The molecule has 1 unspecified atom stereocenters. The van der Waals surface area contributed by atoms with Crippen LogP contribution in [0.15, 0.2) is 12.4 Å². The SMILES string of the molecule is CCn1cc(CC(CCl)C(C)(C)C)cn1. The van der Waals surface area contributed by atoms with Crippen molar-refractivity contribution in [3.8, 4) is 0 Å². The van der Waals surface area contributed by atoms with E-state index < -0.39 is 0 Å². The molecule has 1 rings (SSSR count). The van der Waals surface area contributed by atoms with Crippen LogP contribution in [0.4, 0.5) is 0 Å². The minimum Gasteiger partial charge on any atom is -0.273 e. The quantitative estimate of drug-likeness (QED) is 0.723. The van der Waals surface area contributed by atoms with Crippen molar-refractivity contribution >= 4 is 11.6 Å². The second kappa shape index (κ2) is 5.02. The fourth-order valence-electron chi connectivity index (χ4n) is 1.56. The summed E-state index contributed by atoms with van der Waals surface area (Å²) in [7, 11) is 0. The maximum Gasteiger partial charge on any atom is 0.0521 e.